The van der Waals surface area contributed by atoms with E-state index in [1.54, 1.807) is 11.8 Å². The molecule has 2 rings (SSSR count). The van der Waals surface area contributed by atoms with E-state index in [-0.39, 0.29) is 36.3 Å². The first-order valence-electron chi connectivity index (χ1n) is 8.65. The van der Waals surface area contributed by atoms with Crippen molar-refractivity contribution in [3.8, 4) is 0 Å². The van der Waals surface area contributed by atoms with E-state index in [1.165, 1.54) is 36.1 Å². The summed E-state index contributed by atoms with van der Waals surface area (Å²) < 4.78 is 17.9. The molecule has 1 aliphatic heterocycles. The molecular weight excluding hydrogens is 341 g/mol. The summed E-state index contributed by atoms with van der Waals surface area (Å²) in [6.45, 7) is 4.36. The topological polar surface area (TPSA) is 79.0 Å². The molecule has 0 aliphatic carbocycles. The number of piperidine rings is 1. The fourth-order valence-electron chi connectivity index (χ4n) is 2.96. The SMILES string of the molecule is CCOC(=O)N1CCC(N(CC(=O)Nc2ccc(F)cc2)C(C)=O)CC1. The first kappa shape index (κ1) is 19.7. The van der Waals surface area contributed by atoms with Crippen molar-refractivity contribution < 1.29 is 23.5 Å². The fraction of sp³-hybridized carbons (Fsp3) is 0.500. The van der Waals surface area contributed by atoms with Gasteiger partial charge in [0.15, 0.2) is 0 Å². The molecular formula is C18H24FN3O4. The lowest BCUT2D eigenvalue weighted by Gasteiger charge is -2.37. The summed E-state index contributed by atoms with van der Waals surface area (Å²) in [5.41, 5.74) is 0.469. The first-order valence-corrected chi connectivity index (χ1v) is 8.65. The van der Waals surface area contributed by atoms with Crippen LogP contribution < -0.4 is 5.32 Å². The molecule has 1 aromatic rings. The van der Waals surface area contributed by atoms with E-state index in [0.717, 1.165) is 0 Å². The Balaban J connectivity index is 1.90. The predicted octanol–water partition coefficient (Wildman–Crippen LogP) is 2.23. The molecule has 1 saturated heterocycles. The summed E-state index contributed by atoms with van der Waals surface area (Å²) in [4.78, 5) is 39.1. The number of ether oxygens (including phenoxy) is 1. The number of likely N-dealkylation sites (tertiary alicyclic amines) is 1. The Hall–Kier alpha value is -2.64. The van der Waals surface area contributed by atoms with Crippen molar-refractivity contribution >= 4 is 23.6 Å². The Kier molecular flexibility index (Phi) is 6.94. The molecule has 0 radical (unpaired) electrons. The van der Waals surface area contributed by atoms with Crippen LogP contribution in [0.15, 0.2) is 24.3 Å². The standard InChI is InChI=1S/C18H24FN3O4/c1-3-26-18(25)21-10-8-16(9-11-21)22(13(2)23)12-17(24)20-15-6-4-14(19)5-7-15/h4-7,16H,3,8-12H2,1-2H3,(H,20,24). The Morgan fingerprint density at radius 2 is 1.85 bits per heavy atom. The van der Waals surface area contributed by atoms with Gasteiger partial charge in [0, 0.05) is 31.7 Å². The lowest BCUT2D eigenvalue weighted by atomic mass is 10.0. The number of nitrogens with zero attached hydrogens (tertiary/aromatic N) is 2. The van der Waals surface area contributed by atoms with Crippen LogP contribution >= 0.6 is 0 Å². The Morgan fingerprint density at radius 1 is 1.23 bits per heavy atom. The zero-order valence-corrected chi connectivity index (χ0v) is 15.0. The number of benzene rings is 1. The van der Waals surface area contributed by atoms with E-state index in [4.69, 9.17) is 4.74 Å². The molecule has 0 bridgehead atoms. The molecule has 0 unspecified atom stereocenters. The molecule has 1 aliphatic rings. The van der Waals surface area contributed by atoms with Crippen molar-refractivity contribution in [1.29, 1.82) is 0 Å². The number of anilines is 1. The van der Waals surface area contributed by atoms with E-state index in [2.05, 4.69) is 5.32 Å². The highest BCUT2D eigenvalue weighted by Crippen LogP contribution is 2.18. The second kappa shape index (κ2) is 9.17. The van der Waals surface area contributed by atoms with Crippen molar-refractivity contribution in [2.24, 2.45) is 0 Å². The third-order valence-electron chi connectivity index (χ3n) is 4.28. The smallest absolute Gasteiger partial charge is 0.409 e. The van der Waals surface area contributed by atoms with Gasteiger partial charge in [0.1, 0.15) is 12.4 Å². The van der Waals surface area contributed by atoms with Gasteiger partial charge in [-0.25, -0.2) is 9.18 Å². The average Bonchev–Trinajstić information content (AvgIpc) is 2.62. The summed E-state index contributed by atoms with van der Waals surface area (Å²) >= 11 is 0. The zero-order valence-electron chi connectivity index (χ0n) is 15.0. The quantitative estimate of drug-likeness (QED) is 0.868. The lowest BCUT2D eigenvalue weighted by Crippen LogP contribution is -2.50. The number of hydrogen-bond acceptors (Lipinski definition) is 4. The fourth-order valence-corrected chi connectivity index (χ4v) is 2.96. The molecule has 0 saturated carbocycles. The van der Waals surface area contributed by atoms with E-state index < -0.39 is 0 Å². The Morgan fingerprint density at radius 3 is 2.38 bits per heavy atom. The Bertz CT molecular complexity index is 642. The van der Waals surface area contributed by atoms with Crippen LogP contribution in [0.1, 0.15) is 26.7 Å². The van der Waals surface area contributed by atoms with Crippen LogP contribution in [0.3, 0.4) is 0 Å². The van der Waals surface area contributed by atoms with Crippen molar-refractivity contribution in [3.05, 3.63) is 30.1 Å². The largest absolute Gasteiger partial charge is 0.450 e. The summed E-state index contributed by atoms with van der Waals surface area (Å²) in [5.74, 6) is -0.935. The second-order valence-corrected chi connectivity index (χ2v) is 6.12. The summed E-state index contributed by atoms with van der Waals surface area (Å²) in [6, 6.07) is 5.32. The summed E-state index contributed by atoms with van der Waals surface area (Å²) in [6.07, 6.45) is 0.819. The minimum atomic E-state index is -0.387. The molecule has 142 valence electrons. The minimum absolute atomic E-state index is 0.0865. The molecule has 1 N–H and O–H groups in total. The molecule has 26 heavy (non-hydrogen) atoms. The molecule has 1 heterocycles. The van der Waals surface area contributed by atoms with Gasteiger partial charge in [-0.3, -0.25) is 9.59 Å². The summed E-state index contributed by atoms with van der Waals surface area (Å²) in [5, 5.41) is 2.65. The molecule has 0 spiro atoms. The maximum atomic E-state index is 12.9. The van der Waals surface area contributed by atoms with Gasteiger partial charge in [-0.15, -0.1) is 0 Å². The van der Waals surface area contributed by atoms with Crippen LogP contribution in [0.5, 0.6) is 0 Å². The van der Waals surface area contributed by atoms with Crippen LogP contribution in [0.4, 0.5) is 14.9 Å². The van der Waals surface area contributed by atoms with E-state index in [1.807, 2.05) is 0 Å². The molecule has 0 atom stereocenters. The summed E-state index contributed by atoms with van der Waals surface area (Å²) in [7, 11) is 0. The zero-order chi connectivity index (χ0) is 19.1. The van der Waals surface area contributed by atoms with Crippen LogP contribution in [-0.4, -0.2) is 60.0 Å². The molecule has 7 nitrogen and oxygen atoms in total. The van der Waals surface area contributed by atoms with E-state index in [9.17, 15) is 18.8 Å². The van der Waals surface area contributed by atoms with Gasteiger partial charge < -0.3 is 19.9 Å². The van der Waals surface area contributed by atoms with Gasteiger partial charge >= 0.3 is 6.09 Å². The van der Waals surface area contributed by atoms with Gasteiger partial charge in [0.05, 0.1) is 6.61 Å². The van der Waals surface area contributed by atoms with Gasteiger partial charge in [0.25, 0.3) is 0 Å². The third kappa shape index (κ3) is 5.44. The van der Waals surface area contributed by atoms with Gasteiger partial charge in [-0.05, 0) is 44.0 Å². The molecule has 8 heteroatoms. The normalized spacial score (nSPS) is 14.7. The first-order chi connectivity index (χ1) is 12.4. The number of carbonyl (C=O) groups is 3. The van der Waals surface area contributed by atoms with Gasteiger partial charge in [-0.2, -0.15) is 0 Å². The molecule has 1 aromatic carbocycles. The van der Waals surface area contributed by atoms with Crippen LogP contribution in [0, 0.1) is 5.82 Å². The number of halogens is 1. The highest BCUT2D eigenvalue weighted by Gasteiger charge is 2.29. The molecule has 1 fully saturated rings. The van der Waals surface area contributed by atoms with Gasteiger partial charge in [-0.1, -0.05) is 0 Å². The average molecular weight is 365 g/mol. The molecule has 3 amide bonds. The second-order valence-electron chi connectivity index (χ2n) is 6.12. The number of carbonyl (C=O) groups excluding carboxylic acids is 3. The predicted molar refractivity (Wildman–Crippen MR) is 94.0 cm³/mol. The lowest BCUT2D eigenvalue weighted by molar-refractivity contribution is -0.136. The van der Waals surface area contributed by atoms with E-state index >= 15 is 0 Å². The number of amides is 3. The number of nitrogens with one attached hydrogen (secondary N) is 1. The highest BCUT2D eigenvalue weighted by molar-refractivity contribution is 5.94. The third-order valence-corrected chi connectivity index (χ3v) is 4.28. The van der Waals surface area contributed by atoms with Crippen molar-refractivity contribution in [2.75, 3.05) is 31.6 Å². The minimum Gasteiger partial charge on any atom is -0.450 e. The van der Waals surface area contributed by atoms with Gasteiger partial charge in [0.2, 0.25) is 11.8 Å². The van der Waals surface area contributed by atoms with E-state index in [0.29, 0.717) is 38.2 Å². The van der Waals surface area contributed by atoms with Crippen LogP contribution in [-0.2, 0) is 14.3 Å². The van der Waals surface area contributed by atoms with Crippen LogP contribution in [0.2, 0.25) is 0 Å². The Labute approximate surface area is 152 Å². The number of rotatable bonds is 5. The van der Waals surface area contributed by atoms with Crippen LogP contribution in [0.25, 0.3) is 0 Å². The monoisotopic (exact) mass is 365 g/mol. The highest BCUT2D eigenvalue weighted by atomic mass is 19.1. The van der Waals surface area contributed by atoms with Crippen molar-refractivity contribution in [3.63, 3.8) is 0 Å². The van der Waals surface area contributed by atoms with Crippen molar-refractivity contribution in [2.45, 2.75) is 32.7 Å². The maximum Gasteiger partial charge on any atom is 0.409 e. The van der Waals surface area contributed by atoms with Crippen molar-refractivity contribution in [1.82, 2.24) is 9.80 Å². The molecule has 0 aromatic heterocycles. The maximum absolute atomic E-state index is 12.9. The number of hydrogen-bond donors (Lipinski definition) is 1.